The van der Waals surface area contributed by atoms with E-state index in [0.717, 1.165) is 53.1 Å². The van der Waals surface area contributed by atoms with Gasteiger partial charge in [0.1, 0.15) is 22.4 Å². The first-order valence-corrected chi connectivity index (χ1v) is 14.0. The number of thiocarbonyl (C=S) groups is 1. The summed E-state index contributed by atoms with van der Waals surface area (Å²) in [6.45, 7) is 3.29. The Morgan fingerprint density at radius 3 is 2.50 bits per heavy atom. The summed E-state index contributed by atoms with van der Waals surface area (Å²) in [6.07, 6.45) is 7.00. The van der Waals surface area contributed by atoms with Crippen LogP contribution < -0.4 is 4.74 Å². The van der Waals surface area contributed by atoms with Crippen LogP contribution in [0.3, 0.4) is 0 Å². The molecule has 0 saturated carbocycles. The third-order valence-corrected chi connectivity index (χ3v) is 7.64. The fraction of sp³-hybridized carbons (Fsp3) is 0.194. The van der Waals surface area contributed by atoms with Gasteiger partial charge in [-0.1, -0.05) is 104 Å². The molecule has 0 spiro atoms. The van der Waals surface area contributed by atoms with Crippen molar-refractivity contribution in [1.82, 2.24) is 14.7 Å². The highest BCUT2D eigenvalue weighted by Gasteiger charge is 2.32. The van der Waals surface area contributed by atoms with Crippen LogP contribution in [0.25, 0.3) is 23.0 Å². The fourth-order valence-electron chi connectivity index (χ4n) is 4.26. The Morgan fingerprint density at radius 2 is 1.74 bits per heavy atom. The van der Waals surface area contributed by atoms with Crippen molar-refractivity contribution in [3.8, 4) is 22.7 Å². The van der Waals surface area contributed by atoms with Crippen molar-refractivity contribution in [3.05, 3.63) is 107 Å². The Balaban J connectivity index is 1.47. The molecule has 1 saturated heterocycles. The number of unbranched alkanes of at least 4 members (excludes halogenated alkanes) is 2. The maximum Gasteiger partial charge on any atom is 0.266 e. The molecule has 0 atom stereocenters. The van der Waals surface area contributed by atoms with Crippen molar-refractivity contribution < 1.29 is 9.53 Å². The molecular formula is C31H29N3O2S2. The Hall–Kier alpha value is -3.68. The van der Waals surface area contributed by atoms with Gasteiger partial charge in [0.25, 0.3) is 5.91 Å². The van der Waals surface area contributed by atoms with Crippen molar-refractivity contribution in [1.29, 1.82) is 0 Å². The highest BCUT2D eigenvalue weighted by Crippen LogP contribution is 2.35. The number of carbonyl (C=O) groups excluding carboxylic acids is 1. The molecule has 4 aromatic rings. The molecule has 1 amide bonds. The van der Waals surface area contributed by atoms with E-state index in [0.29, 0.717) is 22.4 Å². The number of hydrogen-bond acceptors (Lipinski definition) is 5. The maximum atomic E-state index is 13.2. The summed E-state index contributed by atoms with van der Waals surface area (Å²) in [5, 5.41) is 4.93. The average molecular weight is 540 g/mol. The molecule has 0 N–H and O–H groups in total. The topological polar surface area (TPSA) is 47.4 Å². The van der Waals surface area contributed by atoms with E-state index in [9.17, 15) is 4.79 Å². The number of carbonyl (C=O) groups is 1. The Bertz CT molecular complexity index is 1450. The Kier molecular flexibility index (Phi) is 8.36. The Morgan fingerprint density at radius 1 is 0.974 bits per heavy atom. The van der Waals surface area contributed by atoms with E-state index < -0.39 is 0 Å². The summed E-state index contributed by atoms with van der Waals surface area (Å²) in [6, 6.07) is 28.0. The van der Waals surface area contributed by atoms with Gasteiger partial charge in [0.15, 0.2) is 0 Å². The number of rotatable bonds is 10. The minimum Gasteiger partial charge on any atom is -0.489 e. The lowest BCUT2D eigenvalue weighted by atomic mass is 10.1. The minimum absolute atomic E-state index is 0.0329. The summed E-state index contributed by atoms with van der Waals surface area (Å²) in [4.78, 5) is 15.6. The number of thioether (sulfide) groups is 1. The van der Waals surface area contributed by atoms with Gasteiger partial charge >= 0.3 is 0 Å². The predicted molar refractivity (Wildman–Crippen MR) is 159 cm³/mol. The third kappa shape index (κ3) is 6.06. The van der Waals surface area contributed by atoms with Crippen LogP contribution in [-0.2, 0) is 11.4 Å². The van der Waals surface area contributed by atoms with Crippen LogP contribution in [0.1, 0.15) is 37.3 Å². The molecule has 3 aromatic carbocycles. The van der Waals surface area contributed by atoms with Gasteiger partial charge in [-0.05, 0) is 42.3 Å². The molecule has 1 aromatic heterocycles. The van der Waals surface area contributed by atoms with Gasteiger partial charge in [-0.2, -0.15) is 5.10 Å². The zero-order valence-corrected chi connectivity index (χ0v) is 22.9. The molecule has 0 aliphatic carbocycles. The normalized spacial score (nSPS) is 14.4. The van der Waals surface area contributed by atoms with Gasteiger partial charge in [0.05, 0.1) is 10.6 Å². The second-order valence-corrected chi connectivity index (χ2v) is 10.7. The molecule has 0 radical (unpaired) electrons. The molecule has 38 heavy (non-hydrogen) atoms. The monoisotopic (exact) mass is 539 g/mol. The fourth-order valence-corrected chi connectivity index (χ4v) is 5.56. The van der Waals surface area contributed by atoms with E-state index in [1.165, 1.54) is 11.8 Å². The summed E-state index contributed by atoms with van der Waals surface area (Å²) < 4.78 is 8.54. The van der Waals surface area contributed by atoms with Crippen LogP contribution in [0.2, 0.25) is 0 Å². The van der Waals surface area contributed by atoms with Crippen molar-refractivity contribution in [3.63, 3.8) is 0 Å². The SMILES string of the molecule is CCCCCN1C(=O)C(=Cc2cn(-c3ccccc3)nc2-c2cccc(OCc3ccccc3)c2)SC1=S. The summed E-state index contributed by atoms with van der Waals surface area (Å²) in [5.41, 5.74) is 4.58. The van der Waals surface area contributed by atoms with E-state index in [2.05, 4.69) is 6.92 Å². The lowest BCUT2D eigenvalue weighted by molar-refractivity contribution is -0.122. The van der Waals surface area contributed by atoms with Crippen molar-refractivity contribution >= 4 is 40.3 Å². The van der Waals surface area contributed by atoms with Crippen LogP contribution in [0.5, 0.6) is 5.75 Å². The average Bonchev–Trinajstić information content (AvgIpc) is 3.49. The molecule has 5 rings (SSSR count). The van der Waals surface area contributed by atoms with Crippen LogP contribution in [0.15, 0.2) is 96.0 Å². The first-order valence-electron chi connectivity index (χ1n) is 12.8. The minimum atomic E-state index is -0.0329. The second kappa shape index (κ2) is 12.2. The quantitative estimate of drug-likeness (QED) is 0.119. The zero-order chi connectivity index (χ0) is 26.3. The van der Waals surface area contributed by atoms with Crippen LogP contribution in [0, 0.1) is 0 Å². The summed E-state index contributed by atoms with van der Waals surface area (Å²) in [7, 11) is 0. The standard InChI is InChI=1S/C31H29N3O2S2/c1-2-3-10-18-33-30(35)28(38-31(33)37)20-25-21-34(26-15-8-5-9-16-26)32-29(25)24-14-11-17-27(19-24)36-22-23-12-6-4-7-13-23/h4-9,11-17,19-21H,2-3,10,18,22H2,1H3. The highest BCUT2D eigenvalue weighted by molar-refractivity contribution is 8.26. The van der Waals surface area contributed by atoms with Crippen LogP contribution in [-0.4, -0.2) is 31.5 Å². The van der Waals surface area contributed by atoms with Gasteiger partial charge in [-0.3, -0.25) is 9.69 Å². The number of nitrogens with zero attached hydrogens (tertiary/aromatic N) is 3. The number of hydrogen-bond donors (Lipinski definition) is 0. The number of aromatic nitrogens is 2. The number of amides is 1. The van der Waals surface area contributed by atoms with E-state index in [1.807, 2.05) is 102 Å². The smallest absolute Gasteiger partial charge is 0.266 e. The summed E-state index contributed by atoms with van der Waals surface area (Å²) in [5.74, 6) is 0.725. The van der Waals surface area contributed by atoms with E-state index in [4.69, 9.17) is 22.1 Å². The van der Waals surface area contributed by atoms with Crippen molar-refractivity contribution in [2.75, 3.05) is 6.54 Å². The number of ether oxygens (including phenoxy) is 1. The molecule has 1 aliphatic rings. The maximum absolute atomic E-state index is 13.2. The molecule has 192 valence electrons. The first kappa shape index (κ1) is 25.9. The molecule has 1 fully saturated rings. The highest BCUT2D eigenvalue weighted by atomic mass is 32.2. The van der Waals surface area contributed by atoms with Gasteiger partial charge in [0.2, 0.25) is 0 Å². The van der Waals surface area contributed by atoms with Crippen LogP contribution >= 0.6 is 24.0 Å². The van der Waals surface area contributed by atoms with Crippen LogP contribution in [0.4, 0.5) is 0 Å². The molecule has 5 nitrogen and oxygen atoms in total. The lowest BCUT2D eigenvalue weighted by Crippen LogP contribution is -2.28. The number of para-hydroxylation sites is 1. The predicted octanol–water partition coefficient (Wildman–Crippen LogP) is 7.51. The van der Waals surface area contributed by atoms with E-state index in [-0.39, 0.29) is 5.91 Å². The zero-order valence-electron chi connectivity index (χ0n) is 21.2. The lowest BCUT2D eigenvalue weighted by Gasteiger charge is -2.13. The molecule has 0 bridgehead atoms. The molecule has 0 unspecified atom stereocenters. The Labute approximate surface area is 233 Å². The van der Waals surface area contributed by atoms with Gasteiger partial charge in [-0.15, -0.1) is 0 Å². The van der Waals surface area contributed by atoms with E-state index in [1.54, 1.807) is 4.90 Å². The van der Waals surface area contributed by atoms with Crippen molar-refractivity contribution in [2.45, 2.75) is 32.8 Å². The van der Waals surface area contributed by atoms with Gasteiger partial charge in [0, 0.05) is 23.9 Å². The van der Waals surface area contributed by atoms with E-state index >= 15 is 0 Å². The van der Waals surface area contributed by atoms with Gasteiger partial charge < -0.3 is 4.74 Å². The third-order valence-electron chi connectivity index (χ3n) is 6.26. The second-order valence-electron chi connectivity index (χ2n) is 9.06. The molecule has 7 heteroatoms. The van der Waals surface area contributed by atoms with Gasteiger partial charge in [-0.25, -0.2) is 4.68 Å². The first-order chi connectivity index (χ1) is 18.6. The van der Waals surface area contributed by atoms with Crippen molar-refractivity contribution in [2.24, 2.45) is 0 Å². The number of benzene rings is 3. The molecular weight excluding hydrogens is 510 g/mol. The molecule has 1 aliphatic heterocycles. The summed E-state index contributed by atoms with van der Waals surface area (Å²) >= 11 is 6.90. The molecule has 2 heterocycles. The largest absolute Gasteiger partial charge is 0.489 e.